The van der Waals surface area contributed by atoms with Crippen molar-refractivity contribution in [3.8, 4) is 5.75 Å². The average molecular weight is 306 g/mol. The van der Waals surface area contributed by atoms with Crippen molar-refractivity contribution in [2.24, 2.45) is 0 Å². The van der Waals surface area contributed by atoms with Gasteiger partial charge in [0.05, 0.1) is 5.92 Å². The number of hydrogen-bond acceptors (Lipinski definition) is 2. The van der Waals surface area contributed by atoms with Crippen LogP contribution in [-0.2, 0) is 11.4 Å². The van der Waals surface area contributed by atoms with Crippen LogP contribution >= 0.6 is 0 Å². The van der Waals surface area contributed by atoms with Crippen molar-refractivity contribution < 1.29 is 14.6 Å². The predicted octanol–water partition coefficient (Wildman–Crippen LogP) is 4.61. The zero-order chi connectivity index (χ0) is 16.2. The molecule has 0 spiro atoms. The van der Waals surface area contributed by atoms with E-state index in [9.17, 15) is 4.79 Å². The summed E-state index contributed by atoms with van der Waals surface area (Å²) < 4.78 is 5.82. The Bertz CT molecular complexity index is 825. The summed E-state index contributed by atoms with van der Waals surface area (Å²) in [6, 6.07) is 21.6. The van der Waals surface area contributed by atoms with Crippen LogP contribution in [0.2, 0.25) is 0 Å². The lowest BCUT2D eigenvalue weighted by Crippen LogP contribution is -2.07. The maximum Gasteiger partial charge on any atom is 0.310 e. The number of aliphatic carboxylic acids is 1. The molecule has 3 heteroatoms. The summed E-state index contributed by atoms with van der Waals surface area (Å²) in [5.41, 5.74) is 1.93. The van der Waals surface area contributed by atoms with Gasteiger partial charge in [-0.3, -0.25) is 4.79 Å². The van der Waals surface area contributed by atoms with E-state index in [4.69, 9.17) is 9.84 Å². The number of hydrogen-bond donors (Lipinski definition) is 1. The lowest BCUT2D eigenvalue weighted by molar-refractivity contribution is -0.138. The minimum absolute atomic E-state index is 0.506. The highest BCUT2D eigenvalue weighted by molar-refractivity contribution is 5.86. The summed E-state index contributed by atoms with van der Waals surface area (Å²) in [6.07, 6.45) is 0. The molecule has 0 saturated heterocycles. The fourth-order valence-corrected chi connectivity index (χ4v) is 2.48. The molecule has 1 unspecified atom stereocenters. The molecule has 0 saturated carbocycles. The Morgan fingerprint density at radius 2 is 1.70 bits per heavy atom. The van der Waals surface area contributed by atoms with Gasteiger partial charge in [0.2, 0.25) is 0 Å². The summed E-state index contributed by atoms with van der Waals surface area (Å²) in [6.45, 7) is 2.22. The zero-order valence-electron chi connectivity index (χ0n) is 12.9. The number of ether oxygens (including phenoxy) is 1. The number of benzene rings is 3. The second-order valence-corrected chi connectivity index (χ2v) is 5.60. The normalized spacial score (nSPS) is 12.0. The minimum Gasteiger partial charge on any atom is -0.489 e. The molecule has 0 fully saturated rings. The Morgan fingerprint density at radius 3 is 2.43 bits per heavy atom. The van der Waals surface area contributed by atoms with Gasteiger partial charge >= 0.3 is 5.97 Å². The first-order valence-electron chi connectivity index (χ1n) is 7.57. The Kier molecular flexibility index (Phi) is 4.29. The van der Waals surface area contributed by atoms with Crippen molar-refractivity contribution in [2.45, 2.75) is 19.4 Å². The number of rotatable bonds is 5. The van der Waals surface area contributed by atoms with E-state index in [1.807, 2.05) is 66.7 Å². The van der Waals surface area contributed by atoms with E-state index in [1.54, 1.807) is 6.92 Å². The van der Waals surface area contributed by atoms with E-state index < -0.39 is 11.9 Å². The topological polar surface area (TPSA) is 46.5 Å². The van der Waals surface area contributed by atoms with E-state index in [0.717, 1.165) is 27.6 Å². The number of carbonyl (C=O) groups is 1. The van der Waals surface area contributed by atoms with Gasteiger partial charge < -0.3 is 9.84 Å². The largest absolute Gasteiger partial charge is 0.489 e. The molecule has 0 heterocycles. The lowest BCUT2D eigenvalue weighted by atomic mass is 9.98. The van der Waals surface area contributed by atoms with Crippen LogP contribution < -0.4 is 4.74 Å². The van der Waals surface area contributed by atoms with Gasteiger partial charge in [-0.1, -0.05) is 54.6 Å². The van der Waals surface area contributed by atoms with Gasteiger partial charge in [-0.25, -0.2) is 0 Å². The second-order valence-electron chi connectivity index (χ2n) is 5.60. The van der Waals surface area contributed by atoms with Gasteiger partial charge in [0.15, 0.2) is 0 Å². The first kappa shape index (κ1) is 15.1. The summed E-state index contributed by atoms with van der Waals surface area (Å²) in [7, 11) is 0. The van der Waals surface area contributed by atoms with Crippen molar-refractivity contribution >= 4 is 16.7 Å². The average Bonchev–Trinajstić information content (AvgIpc) is 2.59. The Morgan fingerprint density at radius 1 is 1.00 bits per heavy atom. The van der Waals surface area contributed by atoms with Crippen LogP contribution in [0.1, 0.15) is 24.0 Å². The molecule has 0 bridgehead atoms. The third-order valence-electron chi connectivity index (χ3n) is 3.95. The van der Waals surface area contributed by atoms with Crippen molar-refractivity contribution in [1.29, 1.82) is 0 Å². The Balaban J connectivity index is 1.79. The molecule has 0 radical (unpaired) electrons. The quantitative estimate of drug-likeness (QED) is 0.749. The maximum atomic E-state index is 11.1. The highest BCUT2D eigenvalue weighted by atomic mass is 16.5. The summed E-state index contributed by atoms with van der Waals surface area (Å²) in [4.78, 5) is 11.1. The Hall–Kier alpha value is -2.81. The highest BCUT2D eigenvalue weighted by Gasteiger charge is 2.13. The van der Waals surface area contributed by atoms with Crippen molar-refractivity contribution in [1.82, 2.24) is 0 Å². The maximum absolute atomic E-state index is 11.1. The van der Waals surface area contributed by atoms with Crippen molar-refractivity contribution in [3.63, 3.8) is 0 Å². The second kappa shape index (κ2) is 6.53. The van der Waals surface area contributed by atoms with Crippen molar-refractivity contribution in [3.05, 3.63) is 77.9 Å². The fraction of sp³-hybridized carbons (Fsp3) is 0.150. The van der Waals surface area contributed by atoms with Gasteiger partial charge in [-0.05, 0) is 41.0 Å². The molecule has 0 amide bonds. The molecule has 3 aromatic rings. The van der Waals surface area contributed by atoms with Crippen LogP contribution in [0, 0.1) is 0 Å². The van der Waals surface area contributed by atoms with Crippen molar-refractivity contribution in [2.75, 3.05) is 0 Å². The molecule has 0 aromatic heterocycles. The van der Waals surface area contributed by atoms with E-state index in [0.29, 0.717) is 6.61 Å². The Labute approximate surface area is 135 Å². The molecule has 0 aliphatic carbocycles. The number of fused-ring (bicyclic) bond motifs is 1. The van der Waals surface area contributed by atoms with Gasteiger partial charge in [0, 0.05) is 0 Å². The molecule has 0 aliphatic heterocycles. The highest BCUT2D eigenvalue weighted by Crippen LogP contribution is 2.25. The number of carboxylic acids is 1. The van der Waals surface area contributed by atoms with Gasteiger partial charge in [-0.15, -0.1) is 0 Å². The van der Waals surface area contributed by atoms with Crippen LogP contribution in [0.4, 0.5) is 0 Å². The van der Waals surface area contributed by atoms with Gasteiger partial charge in [0.1, 0.15) is 12.4 Å². The first-order chi connectivity index (χ1) is 11.1. The fourth-order valence-electron chi connectivity index (χ4n) is 2.48. The van der Waals surface area contributed by atoms with E-state index in [-0.39, 0.29) is 0 Å². The third-order valence-corrected chi connectivity index (χ3v) is 3.95. The SMILES string of the molecule is CC(C(=O)O)c1ccc2cc(OCc3ccccc3)ccc2c1. The zero-order valence-corrected chi connectivity index (χ0v) is 12.9. The summed E-state index contributed by atoms with van der Waals surface area (Å²) in [5, 5.41) is 11.2. The molecule has 1 atom stereocenters. The molecule has 0 aliphatic rings. The van der Waals surface area contributed by atoms with Crippen LogP contribution in [0.5, 0.6) is 5.75 Å². The van der Waals surface area contributed by atoms with E-state index >= 15 is 0 Å². The van der Waals surface area contributed by atoms with Crippen LogP contribution in [0.25, 0.3) is 10.8 Å². The predicted molar refractivity (Wildman–Crippen MR) is 90.8 cm³/mol. The molecule has 116 valence electrons. The van der Waals surface area contributed by atoms with Gasteiger partial charge in [-0.2, -0.15) is 0 Å². The van der Waals surface area contributed by atoms with Gasteiger partial charge in [0.25, 0.3) is 0 Å². The van der Waals surface area contributed by atoms with Crippen LogP contribution in [-0.4, -0.2) is 11.1 Å². The smallest absolute Gasteiger partial charge is 0.310 e. The first-order valence-corrected chi connectivity index (χ1v) is 7.57. The number of carboxylic acid groups (broad SMARTS) is 1. The molecule has 3 aromatic carbocycles. The standard InChI is InChI=1S/C20H18O3/c1-14(20(21)22)16-7-8-18-12-19(10-9-17(18)11-16)23-13-15-5-3-2-4-6-15/h2-12,14H,13H2,1H3,(H,21,22). The van der Waals surface area contributed by atoms with Crippen LogP contribution in [0.15, 0.2) is 66.7 Å². The monoisotopic (exact) mass is 306 g/mol. The molecular formula is C20H18O3. The third kappa shape index (κ3) is 3.51. The van der Waals surface area contributed by atoms with E-state index in [2.05, 4.69) is 0 Å². The summed E-state index contributed by atoms with van der Waals surface area (Å²) >= 11 is 0. The van der Waals surface area contributed by atoms with Crippen LogP contribution in [0.3, 0.4) is 0 Å². The molecule has 3 nitrogen and oxygen atoms in total. The molecule has 3 rings (SSSR count). The minimum atomic E-state index is -0.813. The van der Waals surface area contributed by atoms with E-state index in [1.165, 1.54) is 0 Å². The summed E-state index contributed by atoms with van der Waals surface area (Å²) in [5.74, 6) is -0.513. The molecular weight excluding hydrogens is 288 g/mol. The molecule has 1 N–H and O–H groups in total. The lowest BCUT2D eigenvalue weighted by Gasteiger charge is -2.10. The molecule has 23 heavy (non-hydrogen) atoms.